The van der Waals surface area contributed by atoms with E-state index in [4.69, 9.17) is 4.42 Å². The topological polar surface area (TPSA) is 87.5 Å². The molecule has 1 fully saturated rings. The Balaban J connectivity index is 1.41. The van der Waals surface area contributed by atoms with Gasteiger partial charge in [-0.1, -0.05) is 6.07 Å². The van der Waals surface area contributed by atoms with Gasteiger partial charge in [0.2, 0.25) is 5.91 Å². The van der Waals surface area contributed by atoms with Gasteiger partial charge in [-0.2, -0.15) is 0 Å². The minimum atomic E-state index is -0.433. The molecule has 3 rings (SSSR count). The van der Waals surface area contributed by atoms with Crippen LogP contribution in [0.4, 0.5) is 5.82 Å². The van der Waals surface area contributed by atoms with Crippen molar-refractivity contribution in [3.05, 3.63) is 46.5 Å². The van der Waals surface area contributed by atoms with Crippen LogP contribution in [0.2, 0.25) is 0 Å². The third kappa shape index (κ3) is 4.82. The van der Waals surface area contributed by atoms with Gasteiger partial charge in [-0.25, -0.2) is 4.98 Å². The molecule has 0 atom stereocenters. The maximum absolute atomic E-state index is 11.8. The Hall–Kier alpha value is -2.35. The Morgan fingerprint density at radius 2 is 1.96 bits per heavy atom. The van der Waals surface area contributed by atoms with Crippen LogP contribution in [-0.2, 0) is 11.3 Å². The maximum atomic E-state index is 11.8. The zero-order chi connectivity index (χ0) is 17.6. The van der Waals surface area contributed by atoms with Crippen molar-refractivity contribution in [2.45, 2.75) is 19.4 Å². The molecule has 2 aromatic heterocycles. The number of nitrogens with one attached hydrogen (secondary N) is 2. The van der Waals surface area contributed by atoms with Crippen molar-refractivity contribution in [2.75, 3.05) is 24.5 Å². The Morgan fingerprint density at radius 3 is 2.60 bits per heavy atom. The number of nitrogens with zero attached hydrogens (tertiary/aromatic N) is 2. The van der Waals surface area contributed by atoms with E-state index in [1.54, 1.807) is 12.3 Å². The Labute approximate surface area is 153 Å². The zero-order valence-corrected chi connectivity index (χ0v) is 15.2. The Bertz CT molecular complexity index is 739. The second-order valence-corrected chi connectivity index (χ2v) is 6.56. The van der Waals surface area contributed by atoms with Crippen LogP contribution in [0.25, 0.3) is 0 Å². The average Bonchev–Trinajstić information content (AvgIpc) is 3.30. The first-order chi connectivity index (χ1) is 12.1. The van der Waals surface area contributed by atoms with E-state index in [9.17, 15) is 9.59 Å². The van der Waals surface area contributed by atoms with E-state index < -0.39 is 5.91 Å². The molecule has 2 N–H and O–H groups in total. The number of rotatable bonds is 6. The number of carbonyl (C=O) groups excluding carboxylic acids is 2. The molecule has 0 spiro atoms. The molecule has 0 aliphatic carbocycles. The summed E-state index contributed by atoms with van der Waals surface area (Å²) in [6, 6.07) is 7.09. The highest BCUT2D eigenvalue weighted by atomic mass is 79.9. The van der Waals surface area contributed by atoms with Crippen LogP contribution in [0.15, 0.2) is 39.5 Å². The van der Waals surface area contributed by atoms with E-state index in [1.807, 2.05) is 12.1 Å². The van der Waals surface area contributed by atoms with Gasteiger partial charge in [-0.3, -0.25) is 9.59 Å². The zero-order valence-electron chi connectivity index (χ0n) is 13.6. The van der Waals surface area contributed by atoms with E-state index in [-0.39, 0.29) is 18.2 Å². The fourth-order valence-electron chi connectivity index (χ4n) is 2.60. The number of carbonyl (C=O) groups is 2. The van der Waals surface area contributed by atoms with Crippen molar-refractivity contribution >= 4 is 33.6 Å². The highest BCUT2D eigenvalue weighted by molar-refractivity contribution is 9.10. The van der Waals surface area contributed by atoms with Crippen molar-refractivity contribution in [1.82, 2.24) is 15.6 Å². The van der Waals surface area contributed by atoms with Crippen molar-refractivity contribution in [3.63, 3.8) is 0 Å². The fourth-order valence-corrected chi connectivity index (χ4v) is 2.91. The first kappa shape index (κ1) is 17.5. The van der Waals surface area contributed by atoms with Crippen LogP contribution in [0.3, 0.4) is 0 Å². The molecule has 25 heavy (non-hydrogen) atoms. The summed E-state index contributed by atoms with van der Waals surface area (Å²) >= 11 is 3.12. The molecule has 1 aliphatic rings. The molecule has 8 heteroatoms. The monoisotopic (exact) mass is 406 g/mol. The van der Waals surface area contributed by atoms with Gasteiger partial charge in [0.1, 0.15) is 5.82 Å². The van der Waals surface area contributed by atoms with Crippen LogP contribution < -0.4 is 15.5 Å². The number of furan rings is 1. The minimum absolute atomic E-state index is 0.115. The summed E-state index contributed by atoms with van der Waals surface area (Å²) < 4.78 is 5.59. The number of hydrogen-bond donors (Lipinski definition) is 2. The van der Waals surface area contributed by atoms with Gasteiger partial charge in [0.25, 0.3) is 5.91 Å². The Kier molecular flexibility index (Phi) is 5.70. The first-order valence-electron chi connectivity index (χ1n) is 8.12. The van der Waals surface area contributed by atoms with Crippen LogP contribution in [0, 0.1) is 0 Å². The summed E-state index contributed by atoms with van der Waals surface area (Å²) in [5.41, 5.74) is 0.914. The smallest absolute Gasteiger partial charge is 0.287 e. The normalized spacial score (nSPS) is 13.7. The van der Waals surface area contributed by atoms with Crippen molar-refractivity contribution in [1.29, 1.82) is 0 Å². The molecule has 0 aromatic carbocycles. The molecular weight excluding hydrogens is 388 g/mol. The van der Waals surface area contributed by atoms with Gasteiger partial charge in [0.05, 0.1) is 6.54 Å². The maximum Gasteiger partial charge on any atom is 0.287 e. The van der Waals surface area contributed by atoms with Crippen LogP contribution in [-0.4, -0.2) is 36.4 Å². The van der Waals surface area contributed by atoms with Gasteiger partial charge in [-0.05, 0) is 52.5 Å². The van der Waals surface area contributed by atoms with Gasteiger partial charge < -0.3 is 20.0 Å². The second-order valence-electron chi connectivity index (χ2n) is 5.78. The molecule has 0 unspecified atom stereocenters. The van der Waals surface area contributed by atoms with Gasteiger partial charge >= 0.3 is 0 Å². The molecule has 0 radical (unpaired) electrons. The van der Waals surface area contributed by atoms with Crippen molar-refractivity contribution in [3.8, 4) is 0 Å². The van der Waals surface area contributed by atoms with E-state index in [1.165, 1.54) is 18.9 Å². The molecule has 2 amide bonds. The standard InChI is InChI=1S/C17H19BrN4O3/c18-14-5-4-13(25-14)17(24)21-11-16(23)20-10-12-3-6-15(19-9-12)22-7-1-2-8-22/h3-6,9H,1-2,7-8,10-11H2,(H,20,23)(H,21,24). The lowest BCUT2D eigenvalue weighted by Gasteiger charge is -2.16. The SMILES string of the molecule is O=C(CNC(=O)c1ccc(Br)o1)NCc1ccc(N2CCCC2)nc1. The van der Waals surface area contributed by atoms with Crippen LogP contribution in [0.1, 0.15) is 29.0 Å². The third-order valence-corrected chi connectivity index (χ3v) is 4.36. The number of hydrogen-bond acceptors (Lipinski definition) is 5. The lowest BCUT2D eigenvalue weighted by atomic mass is 10.2. The van der Waals surface area contributed by atoms with Gasteiger partial charge in [0.15, 0.2) is 10.4 Å². The summed E-state index contributed by atoms with van der Waals surface area (Å²) in [4.78, 5) is 30.3. The highest BCUT2D eigenvalue weighted by Gasteiger charge is 2.14. The van der Waals surface area contributed by atoms with Crippen molar-refractivity contribution in [2.24, 2.45) is 0 Å². The van der Waals surface area contributed by atoms with Crippen LogP contribution >= 0.6 is 15.9 Å². The average molecular weight is 407 g/mol. The molecule has 0 bridgehead atoms. The predicted octanol–water partition coefficient (Wildman–Crippen LogP) is 2.08. The lowest BCUT2D eigenvalue weighted by Crippen LogP contribution is -2.36. The lowest BCUT2D eigenvalue weighted by molar-refractivity contribution is -0.120. The summed E-state index contributed by atoms with van der Waals surface area (Å²) in [7, 11) is 0. The predicted molar refractivity (Wildman–Crippen MR) is 96.3 cm³/mol. The summed E-state index contributed by atoms with van der Waals surface area (Å²) in [5.74, 6) is 0.422. The number of pyridine rings is 1. The van der Waals surface area contributed by atoms with E-state index in [2.05, 4.69) is 36.4 Å². The largest absolute Gasteiger partial charge is 0.444 e. The summed E-state index contributed by atoms with van der Waals surface area (Å²) in [6.07, 6.45) is 4.19. The Morgan fingerprint density at radius 1 is 1.16 bits per heavy atom. The number of aromatic nitrogens is 1. The molecule has 1 aliphatic heterocycles. The van der Waals surface area contributed by atoms with Gasteiger partial charge in [-0.15, -0.1) is 0 Å². The molecule has 1 saturated heterocycles. The first-order valence-corrected chi connectivity index (χ1v) is 8.91. The van der Waals surface area contributed by atoms with Crippen molar-refractivity contribution < 1.29 is 14.0 Å². The summed E-state index contributed by atoms with van der Waals surface area (Å²) in [6.45, 7) is 2.36. The van der Waals surface area contributed by atoms with E-state index in [0.717, 1.165) is 24.5 Å². The molecule has 7 nitrogen and oxygen atoms in total. The minimum Gasteiger partial charge on any atom is -0.444 e. The number of amides is 2. The summed E-state index contributed by atoms with van der Waals surface area (Å²) in [5, 5.41) is 5.26. The molecular formula is C17H19BrN4O3. The highest BCUT2D eigenvalue weighted by Crippen LogP contribution is 2.17. The fraction of sp³-hybridized carbons (Fsp3) is 0.353. The number of halogens is 1. The van der Waals surface area contributed by atoms with E-state index in [0.29, 0.717) is 11.2 Å². The molecule has 2 aromatic rings. The van der Waals surface area contributed by atoms with Crippen LogP contribution in [0.5, 0.6) is 0 Å². The quantitative estimate of drug-likeness (QED) is 0.766. The molecule has 0 saturated carbocycles. The van der Waals surface area contributed by atoms with E-state index >= 15 is 0 Å². The second kappa shape index (κ2) is 8.15. The number of anilines is 1. The molecule has 132 valence electrons. The van der Waals surface area contributed by atoms with Gasteiger partial charge in [0, 0.05) is 25.8 Å². The molecule has 3 heterocycles. The third-order valence-electron chi connectivity index (χ3n) is 3.94.